The molecule has 22 heavy (non-hydrogen) atoms. The molecule has 1 fully saturated rings. The van der Waals surface area contributed by atoms with Crippen LogP contribution in [0.2, 0.25) is 0 Å². The van der Waals surface area contributed by atoms with E-state index in [9.17, 15) is 9.90 Å². The molecule has 3 unspecified atom stereocenters. The number of rotatable bonds is 7. The number of carbonyl (C=O) groups excluding carboxylic acids is 1. The van der Waals surface area contributed by atoms with E-state index in [-0.39, 0.29) is 17.8 Å². The molecule has 124 valence electrons. The molecule has 0 saturated heterocycles. The zero-order valence-electron chi connectivity index (χ0n) is 14.2. The predicted molar refractivity (Wildman–Crippen MR) is 91.5 cm³/mol. The summed E-state index contributed by atoms with van der Waals surface area (Å²) in [6.45, 7) is 4.02. The van der Waals surface area contributed by atoms with E-state index >= 15 is 0 Å². The largest absolute Gasteiger partial charge is 0.393 e. The Morgan fingerprint density at radius 3 is 2.50 bits per heavy atom. The molecule has 0 aromatic carbocycles. The van der Waals surface area contributed by atoms with Gasteiger partial charge in [-0.25, -0.2) is 0 Å². The summed E-state index contributed by atoms with van der Waals surface area (Å²) < 4.78 is 0. The van der Waals surface area contributed by atoms with Crippen molar-refractivity contribution in [1.29, 1.82) is 0 Å². The molecule has 2 aliphatic carbocycles. The second-order valence-corrected chi connectivity index (χ2v) is 7.52. The van der Waals surface area contributed by atoms with Crippen molar-refractivity contribution in [3.8, 4) is 0 Å². The standard InChI is InChI=1S/C20H32O2/c1-15-8-10-18(11-9-15)20(22)13-12-19(16(2)21)14-17-6-4-3-5-7-17/h3-6,15,17-20,22H,7-14H2,1-2H3. The molecule has 3 atom stereocenters. The maximum atomic E-state index is 11.9. The van der Waals surface area contributed by atoms with Crippen molar-refractivity contribution in [2.24, 2.45) is 23.7 Å². The summed E-state index contributed by atoms with van der Waals surface area (Å²) in [5.74, 6) is 2.16. The minimum absolute atomic E-state index is 0.110. The van der Waals surface area contributed by atoms with Crippen LogP contribution in [0.5, 0.6) is 0 Å². The molecule has 0 aliphatic heterocycles. The fourth-order valence-electron chi connectivity index (χ4n) is 3.94. The Kier molecular flexibility index (Phi) is 6.88. The molecule has 0 aromatic rings. The van der Waals surface area contributed by atoms with Gasteiger partial charge in [0.25, 0.3) is 0 Å². The summed E-state index contributed by atoms with van der Waals surface area (Å²) in [5, 5.41) is 10.5. The molecule has 0 heterocycles. The van der Waals surface area contributed by atoms with Crippen molar-refractivity contribution in [2.75, 3.05) is 0 Å². The van der Waals surface area contributed by atoms with Crippen LogP contribution in [0.4, 0.5) is 0 Å². The second-order valence-electron chi connectivity index (χ2n) is 7.52. The molecule has 1 N–H and O–H groups in total. The maximum Gasteiger partial charge on any atom is 0.132 e. The van der Waals surface area contributed by atoms with Crippen molar-refractivity contribution < 1.29 is 9.90 Å². The van der Waals surface area contributed by atoms with E-state index in [1.807, 2.05) is 0 Å². The zero-order valence-corrected chi connectivity index (χ0v) is 14.2. The monoisotopic (exact) mass is 304 g/mol. The number of Topliss-reactive ketones (excluding diaryl/α,β-unsaturated/α-hetero) is 1. The first-order valence-electron chi connectivity index (χ1n) is 9.08. The fraction of sp³-hybridized carbons (Fsp3) is 0.750. The minimum atomic E-state index is -0.212. The highest BCUT2D eigenvalue weighted by Gasteiger charge is 2.26. The normalized spacial score (nSPS) is 31.0. The van der Waals surface area contributed by atoms with E-state index in [0.29, 0.717) is 11.8 Å². The minimum Gasteiger partial charge on any atom is -0.393 e. The first kappa shape index (κ1) is 17.5. The number of allylic oxidation sites excluding steroid dienone is 4. The average Bonchev–Trinajstić information content (AvgIpc) is 2.52. The van der Waals surface area contributed by atoms with Crippen LogP contribution in [0.3, 0.4) is 0 Å². The van der Waals surface area contributed by atoms with Gasteiger partial charge in [0, 0.05) is 5.92 Å². The fourth-order valence-corrected chi connectivity index (χ4v) is 3.94. The van der Waals surface area contributed by atoms with Crippen LogP contribution >= 0.6 is 0 Å². The van der Waals surface area contributed by atoms with Crippen molar-refractivity contribution in [3.63, 3.8) is 0 Å². The van der Waals surface area contributed by atoms with E-state index < -0.39 is 0 Å². The summed E-state index contributed by atoms with van der Waals surface area (Å²) in [6, 6.07) is 0. The Labute approximate surface area is 135 Å². The van der Waals surface area contributed by atoms with Crippen molar-refractivity contribution in [3.05, 3.63) is 24.3 Å². The number of ketones is 1. The third kappa shape index (κ3) is 5.39. The van der Waals surface area contributed by atoms with Gasteiger partial charge in [-0.2, -0.15) is 0 Å². The van der Waals surface area contributed by atoms with Gasteiger partial charge < -0.3 is 5.11 Å². The van der Waals surface area contributed by atoms with Gasteiger partial charge in [-0.1, -0.05) is 44.1 Å². The average molecular weight is 304 g/mol. The van der Waals surface area contributed by atoms with Crippen LogP contribution < -0.4 is 0 Å². The summed E-state index contributed by atoms with van der Waals surface area (Å²) >= 11 is 0. The first-order valence-corrected chi connectivity index (χ1v) is 9.08. The highest BCUT2D eigenvalue weighted by molar-refractivity contribution is 5.78. The van der Waals surface area contributed by atoms with Crippen molar-refractivity contribution in [1.82, 2.24) is 0 Å². The third-order valence-corrected chi connectivity index (χ3v) is 5.65. The van der Waals surface area contributed by atoms with Crippen LogP contribution in [0, 0.1) is 23.7 Å². The quantitative estimate of drug-likeness (QED) is 0.741. The van der Waals surface area contributed by atoms with E-state index in [0.717, 1.165) is 44.4 Å². The Morgan fingerprint density at radius 2 is 1.91 bits per heavy atom. The molecular weight excluding hydrogens is 272 g/mol. The van der Waals surface area contributed by atoms with E-state index in [1.165, 1.54) is 12.8 Å². The van der Waals surface area contributed by atoms with Crippen molar-refractivity contribution in [2.45, 2.75) is 71.3 Å². The molecule has 0 aromatic heterocycles. The SMILES string of the molecule is CC(=O)C(CCC(O)C1CCC(C)CC1)CC1C=CC=CC1. The number of aliphatic hydroxyl groups is 1. The summed E-state index contributed by atoms with van der Waals surface area (Å²) in [7, 11) is 0. The van der Waals surface area contributed by atoms with Crippen LogP contribution in [0.1, 0.15) is 65.2 Å². The van der Waals surface area contributed by atoms with Gasteiger partial charge >= 0.3 is 0 Å². The van der Waals surface area contributed by atoms with E-state index in [1.54, 1.807) is 6.92 Å². The number of hydrogen-bond donors (Lipinski definition) is 1. The van der Waals surface area contributed by atoms with Crippen LogP contribution in [-0.4, -0.2) is 17.0 Å². The molecule has 0 amide bonds. The van der Waals surface area contributed by atoms with Gasteiger partial charge in [0.15, 0.2) is 0 Å². The number of carbonyl (C=O) groups is 1. The van der Waals surface area contributed by atoms with Crippen LogP contribution in [-0.2, 0) is 4.79 Å². The Bertz CT molecular complexity index is 402. The molecule has 2 heteroatoms. The van der Waals surface area contributed by atoms with E-state index in [2.05, 4.69) is 31.2 Å². The number of aliphatic hydroxyl groups excluding tert-OH is 1. The van der Waals surface area contributed by atoms with Gasteiger partial charge in [0.05, 0.1) is 6.10 Å². The summed E-state index contributed by atoms with van der Waals surface area (Å²) in [4.78, 5) is 11.9. The molecule has 2 aliphatic rings. The smallest absolute Gasteiger partial charge is 0.132 e. The molecular formula is C20H32O2. The highest BCUT2D eigenvalue weighted by atomic mass is 16.3. The molecule has 0 spiro atoms. The Morgan fingerprint density at radius 1 is 1.18 bits per heavy atom. The van der Waals surface area contributed by atoms with Crippen LogP contribution in [0.15, 0.2) is 24.3 Å². The van der Waals surface area contributed by atoms with Crippen molar-refractivity contribution >= 4 is 5.78 Å². The number of hydrogen-bond acceptors (Lipinski definition) is 2. The topological polar surface area (TPSA) is 37.3 Å². The molecule has 0 radical (unpaired) electrons. The maximum absolute atomic E-state index is 11.9. The van der Waals surface area contributed by atoms with Gasteiger partial charge in [0.2, 0.25) is 0 Å². The second kappa shape index (κ2) is 8.67. The third-order valence-electron chi connectivity index (χ3n) is 5.65. The predicted octanol–water partition coefficient (Wildman–Crippen LogP) is 4.68. The summed E-state index contributed by atoms with van der Waals surface area (Å²) in [5.41, 5.74) is 0. The molecule has 2 nitrogen and oxygen atoms in total. The van der Waals surface area contributed by atoms with Gasteiger partial charge in [-0.15, -0.1) is 0 Å². The summed E-state index contributed by atoms with van der Waals surface area (Å²) in [6.07, 6.45) is 16.8. The lowest BCUT2D eigenvalue weighted by Crippen LogP contribution is -2.26. The Hall–Kier alpha value is -0.890. The van der Waals surface area contributed by atoms with Gasteiger partial charge in [-0.05, 0) is 63.2 Å². The lowest BCUT2D eigenvalue weighted by Gasteiger charge is -2.30. The van der Waals surface area contributed by atoms with Gasteiger partial charge in [-0.3, -0.25) is 4.79 Å². The first-order chi connectivity index (χ1) is 10.6. The molecule has 1 saturated carbocycles. The lowest BCUT2D eigenvalue weighted by molar-refractivity contribution is -0.121. The lowest BCUT2D eigenvalue weighted by atomic mass is 9.78. The van der Waals surface area contributed by atoms with Gasteiger partial charge in [0.1, 0.15) is 5.78 Å². The van der Waals surface area contributed by atoms with Crippen LogP contribution in [0.25, 0.3) is 0 Å². The highest BCUT2D eigenvalue weighted by Crippen LogP contribution is 2.33. The molecule has 2 rings (SSSR count). The zero-order chi connectivity index (χ0) is 15.9. The molecule has 0 bridgehead atoms. The van der Waals surface area contributed by atoms with E-state index in [4.69, 9.17) is 0 Å². The Balaban J connectivity index is 1.77.